The SMILES string of the molecule is CCC1(Cn2ncc(C3=CC=C(N4CCC/C(=C(C)/C(N)=N\c5nc6ccccc6s5)C4=N)NC3=C(O)O)c2C)CC2CC(C)(OCCN(C)CCO)C[C@@](C)(C2)C1. The molecule has 2 aromatic heterocycles. The van der Waals surface area contributed by atoms with Crippen molar-refractivity contribution in [3.63, 3.8) is 0 Å². The smallest absolute Gasteiger partial charge is 0.299 e. The Bertz CT molecular complexity index is 2160. The highest BCUT2D eigenvalue weighted by molar-refractivity contribution is 7.22. The molecule has 2 aliphatic carbocycles. The summed E-state index contributed by atoms with van der Waals surface area (Å²) >= 11 is 1.47. The van der Waals surface area contributed by atoms with E-state index >= 15 is 0 Å². The molecule has 2 aliphatic heterocycles. The Labute approximate surface area is 346 Å². The van der Waals surface area contributed by atoms with E-state index in [4.69, 9.17) is 15.6 Å². The van der Waals surface area contributed by atoms with Gasteiger partial charge in [0.2, 0.25) is 5.13 Å². The van der Waals surface area contributed by atoms with Gasteiger partial charge in [0.1, 0.15) is 23.2 Å². The normalized spacial score (nSPS) is 27.5. The second-order valence-corrected chi connectivity index (χ2v) is 18.8. The zero-order chi connectivity index (χ0) is 41.4. The second-order valence-electron chi connectivity index (χ2n) is 17.7. The van der Waals surface area contributed by atoms with E-state index in [1.807, 2.05) is 61.5 Å². The molecule has 7 N–H and O–H groups in total. The number of aliphatic hydroxyl groups excluding tert-OH is 2. The summed E-state index contributed by atoms with van der Waals surface area (Å²) in [7, 11) is 2.02. The van der Waals surface area contributed by atoms with Crippen LogP contribution in [0, 0.1) is 29.1 Å². The molecule has 0 spiro atoms. The van der Waals surface area contributed by atoms with Crippen LogP contribution in [0.3, 0.4) is 0 Å². The fraction of sp³-hybridized carbons (Fsp3) is 0.545. The van der Waals surface area contributed by atoms with E-state index in [0.717, 1.165) is 84.2 Å². The van der Waals surface area contributed by atoms with E-state index in [0.29, 0.717) is 54.4 Å². The third-order valence-corrected chi connectivity index (χ3v) is 13.9. The third-order valence-electron chi connectivity index (χ3n) is 13.0. The highest BCUT2D eigenvalue weighted by Crippen LogP contribution is 2.60. The van der Waals surface area contributed by atoms with Crippen LogP contribution in [0.1, 0.15) is 90.3 Å². The molecule has 4 atom stereocenters. The Kier molecular flexibility index (Phi) is 11.9. The molecule has 14 heteroatoms. The molecule has 3 aromatic rings. The average molecular weight is 812 g/mol. The molecular formula is C44H61N9O4S. The van der Waals surface area contributed by atoms with Crippen LogP contribution in [-0.4, -0.2) is 97.1 Å². The van der Waals surface area contributed by atoms with Crippen molar-refractivity contribution in [3.8, 4) is 0 Å². The van der Waals surface area contributed by atoms with Gasteiger partial charge in [-0.25, -0.2) is 9.98 Å². The summed E-state index contributed by atoms with van der Waals surface area (Å²) in [6.07, 6.45) is 13.6. The summed E-state index contributed by atoms with van der Waals surface area (Å²) in [6.45, 7) is 14.7. The number of nitrogens with zero attached hydrogens (tertiary/aromatic N) is 6. The van der Waals surface area contributed by atoms with Crippen molar-refractivity contribution in [2.75, 3.05) is 39.9 Å². The van der Waals surface area contributed by atoms with Crippen LogP contribution < -0.4 is 11.1 Å². The quantitative estimate of drug-likeness (QED) is 0.0569. The number of hydrogen-bond acceptors (Lipinski definition) is 11. The Morgan fingerprint density at radius 2 is 1.95 bits per heavy atom. The molecule has 4 aliphatic rings. The summed E-state index contributed by atoms with van der Waals surface area (Å²) < 4.78 is 9.75. The summed E-state index contributed by atoms with van der Waals surface area (Å²) in [4.78, 5) is 13.2. The number of nitrogens with one attached hydrogen (secondary N) is 2. The molecule has 7 rings (SSSR count). The Morgan fingerprint density at radius 3 is 2.67 bits per heavy atom. The van der Waals surface area contributed by atoms with E-state index in [9.17, 15) is 20.7 Å². The number of rotatable bonds is 13. The number of likely N-dealkylation sites (tertiary alicyclic amines) is 1. The largest absolute Gasteiger partial charge is 0.480 e. The van der Waals surface area contributed by atoms with Gasteiger partial charge in [0.15, 0.2) is 0 Å². The Morgan fingerprint density at radius 1 is 1.16 bits per heavy atom. The molecule has 312 valence electrons. The number of nitrogens with two attached hydrogens (primary N) is 1. The van der Waals surface area contributed by atoms with Crippen molar-refractivity contribution < 1.29 is 20.1 Å². The molecule has 3 fully saturated rings. The van der Waals surface area contributed by atoms with Crippen molar-refractivity contribution in [2.24, 2.45) is 27.5 Å². The second kappa shape index (κ2) is 16.6. The molecule has 1 saturated heterocycles. The predicted molar refractivity (Wildman–Crippen MR) is 232 cm³/mol. The van der Waals surface area contributed by atoms with Gasteiger partial charge in [-0.05, 0) is 126 Å². The number of fused-ring (bicyclic) bond motifs is 3. The zero-order valence-electron chi connectivity index (χ0n) is 34.9. The minimum atomic E-state index is -0.824. The van der Waals surface area contributed by atoms with Gasteiger partial charge in [0.25, 0.3) is 5.95 Å². The third kappa shape index (κ3) is 8.61. The van der Waals surface area contributed by atoms with Crippen LogP contribution in [0.25, 0.3) is 15.8 Å². The van der Waals surface area contributed by atoms with Gasteiger partial charge in [-0.1, -0.05) is 37.3 Å². The number of ether oxygens (including phenoxy) is 1. The molecule has 2 saturated carbocycles. The van der Waals surface area contributed by atoms with Crippen molar-refractivity contribution in [2.45, 2.75) is 98.1 Å². The topological polar surface area (TPSA) is 181 Å². The highest BCUT2D eigenvalue weighted by Gasteiger charge is 2.53. The minimum absolute atomic E-state index is 0.0823. The van der Waals surface area contributed by atoms with Gasteiger partial charge >= 0.3 is 0 Å². The van der Waals surface area contributed by atoms with Crippen molar-refractivity contribution >= 4 is 43.9 Å². The van der Waals surface area contributed by atoms with E-state index in [1.54, 1.807) is 0 Å². The molecule has 3 unspecified atom stereocenters. The number of likely N-dealkylation sites (N-methyl/N-ethyl adjacent to an activating group) is 1. The van der Waals surface area contributed by atoms with Gasteiger partial charge in [0, 0.05) is 48.6 Å². The van der Waals surface area contributed by atoms with Crippen LogP contribution in [0.5, 0.6) is 0 Å². The number of dihydropyridines is 1. The number of amidine groups is 2. The molecule has 1 aromatic carbocycles. The molecule has 13 nitrogen and oxygen atoms in total. The molecule has 0 amide bonds. The number of piperidine rings is 1. The van der Waals surface area contributed by atoms with E-state index in [2.05, 4.69) is 52.6 Å². The first-order valence-electron chi connectivity index (χ1n) is 20.7. The lowest BCUT2D eigenvalue weighted by Crippen LogP contribution is -2.52. The van der Waals surface area contributed by atoms with Crippen molar-refractivity contribution in [1.82, 2.24) is 29.9 Å². The molecule has 2 bridgehead atoms. The fourth-order valence-corrected chi connectivity index (χ4v) is 11.4. The van der Waals surface area contributed by atoms with Crippen molar-refractivity contribution in [1.29, 1.82) is 5.41 Å². The predicted octanol–water partition coefficient (Wildman–Crippen LogP) is 7.69. The van der Waals surface area contributed by atoms with Crippen LogP contribution >= 0.6 is 11.3 Å². The first-order valence-corrected chi connectivity index (χ1v) is 21.5. The Hall–Kier alpha value is -4.50. The number of benzene rings is 1. The van der Waals surface area contributed by atoms with Gasteiger partial charge in [-0.2, -0.15) is 5.10 Å². The molecule has 0 radical (unpaired) electrons. The zero-order valence-corrected chi connectivity index (χ0v) is 35.8. The van der Waals surface area contributed by atoms with Crippen molar-refractivity contribution in [3.05, 3.63) is 82.5 Å². The fourth-order valence-electron chi connectivity index (χ4n) is 10.5. The van der Waals surface area contributed by atoms with E-state index < -0.39 is 5.95 Å². The number of aliphatic imine (C=N–C) groups is 1. The lowest BCUT2D eigenvalue weighted by molar-refractivity contribution is -0.145. The van der Waals surface area contributed by atoms with Crippen LogP contribution in [0.15, 0.2) is 76.2 Å². The maximum atomic E-state index is 10.6. The van der Waals surface area contributed by atoms with E-state index in [-0.39, 0.29) is 34.6 Å². The molecule has 4 heterocycles. The number of thiazole rings is 1. The summed E-state index contributed by atoms with van der Waals surface area (Å²) in [5, 5.41) is 48.5. The minimum Gasteiger partial charge on any atom is -0.480 e. The van der Waals surface area contributed by atoms with E-state index in [1.165, 1.54) is 17.8 Å². The maximum Gasteiger partial charge on any atom is 0.299 e. The average Bonchev–Trinajstić information content (AvgIpc) is 3.75. The van der Waals surface area contributed by atoms with Crippen LogP contribution in [0.4, 0.5) is 5.13 Å². The van der Waals surface area contributed by atoms with Gasteiger partial charge < -0.3 is 40.9 Å². The van der Waals surface area contributed by atoms with Crippen LogP contribution in [0.2, 0.25) is 0 Å². The lowest BCUT2D eigenvalue weighted by atomic mass is 9.51. The molecule has 58 heavy (non-hydrogen) atoms. The first-order chi connectivity index (χ1) is 27.6. The van der Waals surface area contributed by atoms with Gasteiger partial charge in [-0.15, -0.1) is 0 Å². The van der Waals surface area contributed by atoms with Crippen LogP contribution in [-0.2, 0) is 11.3 Å². The lowest BCUT2D eigenvalue weighted by Gasteiger charge is -2.57. The summed E-state index contributed by atoms with van der Waals surface area (Å²) in [5.41, 5.74) is 11.6. The number of aliphatic hydroxyl groups is 3. The van der Waals surface area contributed by atoms with Gasteiger partial charge in [-0.3, -0.25) is 10.1 Å². The first kappa shape index (κ1) is 41.7. The highest BCUT2D eigenvalue weighted by atomic mass is 32.1. The number of allylic oxidation sites excluding steroid dienone is 3. The molecular weight excluding hydrogens is 751 g/mol. The summed E-state index contributed by atoms with van der Waals surface area (Å²) in [6, 6.07) is 7.87. The number of para-hydroxylation sites is 1. The monoisotopic (exact) mass is 811 g/mol. The standard InChI is InChI=1S/C44H61N9O4S/c1-7-44(23-30-21-42(4,26-44)25-43(5,22-30)57-20-18-51(6)17-19-54)27-53-29(3)33(24-47-53)32-14-15-36(49-37(32)40(55)56)52-16-10-11-31(39(52)46)28(2)38(45)50-41-48-34-12-8-9-13-35(34)58-41/h8-9,12-15,24,30,46,49,54-56H,7,10-11,16-23,25-27H2,1-6H3,(H2,45,48,50)/b31-28-,46-39?/t30?,42-,43?,44?/m1/s1. The summed E-state index contributed by atoms with van der Waals surface area (Å²) in [5.74, 6) is 0.923. The maximum absolute atomic E-state index is 10.6. The number of hydrogen-bond donors (Lipinski definition) is 6. The number of aromatic nitrogens is 3. The Balaban J connectivity index is 1.08. The van der Waals surface area contributed by atoms with Gasteiger partial charge in [0.05, 0.1) is 35.2 Å².